The molecular weight excluding hydrogens is 298 g/mol. The molecule has 0 bridgehead atoms. The minimum absolute atomic E-state index is 0.0520. The number of carbonyl (C=O) groups is 1. The molecular formula is C12H8ClN5O3. The summed E-state index contributed by atoms with van der Waals surface area (Å²) in [6.07, 6.45) is 1.31. The summed E-state index contributed by atoms with van der Waals surface area (Å²) in [6.45, 7) is 0. The number of aryl methyl sites for hydroxylation is 1. The van der Waals surface area contributed by atoms with Gasteiger partial charge in [-0.2, -0.15) is 10.4 Å². The van der Waals surface area contributed by atoms with Crippen LogP contribution < -0.4 is 5.32 Å². The van der Waals surface area contributed by atoms with Gasteiger partial charge in [-0.1, -0.05) is 11.6 Å². The average Bonchev–Trinajstić information content (AvgIpc) is 2.79. The Morgan fingerprint density at radius 3 is 2.90 bits per heavy atom. The van der Waals surface area contributed by atoms with Gasteiger partial charge in [-0.3, -0.25) is 19.6 Å². The van der Waals surface area contributed by atoms with Crippen molar-refractivity contribution in [3.63, 3.8) is 0 Å². The quantitative estimate of drug-likeness (QED) is 0.689. The van der Waals surface area contributed by atoms with Gasteiger partial charge in [0.2, 0.25) is 0 Å². The SMILES string of the molecule is Cn1ncc(C#N)c1NC(=O)c1ccc(Cl)c([N+](=O)[O-])c1. The summed E-state index contributed by atoms with van der Waals surface area (Å²) in [6, 6.07) is 5.58. The highest BCUT2D eigenvalue weighted by Gasteiger charge is 2.18. The topological polar surface area (TPSA) is 114 Å². The van der Waals surface area contributed by atoms with E-state index in [2.05, 4.69) is 10.4 Å². The Bertz CT molecular complexity index is 778. The number of nitro groups is 1. The van der Waals surface area contributed by atoms with Crippen LogP contribution in [0.15, 0.2) is 24.4 Å². The van der Waals surface area contributed by atoms with E-state index < -0.39 is 10.8 Å². The van der Waals surface area contributed by atoms with E-state index in [0.717, 1.165) is 6.07 Å². The molecule has 0 spiro atoms. The second-order valence-corrected chi connectivity index (χ2v) is 4.43. The van der Waals surface area contributed by atoms with Crippen LogP contribution in [0, 0.1) is 21.4 Å². The van der Waals surface area contributed by atoms with Gasteiger partial charge < -0.3 is 5.32 Å². The maximum atomic E-state index is 12.1. The van der Waals surface area contributed by atoms with E-state index in [-0.39, 0.29) is 27.7 Å². The molecule has 0 aliphatic carbocycles. The molecule has 8 nitrogen and oxygen atoms in total. The number of amides is 1. The zero-order valence-electron chi connectivity index (χ0n) is 10.7. The van der Waals surface area contributed by atoms with Crippen molar-refractivity contribution in [1.29, 1.82) is 5.26 Å². The van der Waals surface area contributed by atoms with E-state index in [1.807, 2.05) is 6.07 Å². The molecule has 1 aromatic heterocycles. The van der Waals surface area contributed by atoms with Crippen LogP contribution in [-0.4, -0.2) is 20.6 Å². The Labute approximate surface area is 123 Å². The lowest BCUT2D eigenvalue weighted by molar-refractivity contribution is -0.384. The highest BCUT2D eigenvalue weighted by molar-refractivity contribution is 6.32. The number of rotatable bonds is 3. The number of nitro benzene ring substituents is 1. The van der Waals surface area contributed by atoms with Crippen LogP contribution in [0.1, 0.15) is 15.9 Å². The van der Waals surface area contributed by atoms with E-state index in [1.54, 1.807) is 7.05 Å². The molecule has 106 valence electrons. The number of anilines is 1. The number of benzene rings is 1. The fourth-order valence-electron chi connectivity index (χ4n) is 1.64. The van der Waals surface area contributed by atoms with Crippen molar-refractivity contribution in [2.24, 2.45) is 7.05 Å². The predicted molar refractivity (Wildman–Crippen MR) is 74.0 cm³/mol. The Morgan fingerprint density at radius 1 is 1.57 bits per heavy atom. The molecule has 0 fully saturated rings. The number of nitrogens with one attached hydrogen (secondary N) is 1. The van der Waals surface area contributed by atoms with Crippen molar-refractivity contribution in [1.82, 2.24) is 9.78 Å². The zero-order chi connectivity index (χ0) is 15.6. The number of hydrogen-bond donors (Lipinski definition) is 1. The molecule has 9 heteroatoms. The highest BCUT2D eigenvalue weighted by atomic mass is 35.5. The third kappa shape index (κ3) is 2.82. The first-order chi connectivity index (χ1) is 9.93. The number of carbonyl (C=O) groups excluding carboxylic acids is 1. The van der Waals surface area contributed by atoms with Crippen LogP contribution in [0.2, 0.25) is 5.02 Å². The van der Waals surface area contributed by atoms with Crippen molar-refractivity contribution in [2.75, 3.05) is 5.32 Å². The fraction of sp³-hybridized carbons (Fsp3) is 0.0833. The molecule has 0 atom stereocenters. The largest absolute Gasteiger partial charge is 0.306 e. The lowest BCUT2D eigenvalue weighted by Gasteiger charge is -2.06. The number of aromatic nitrogens is 2. The van der Waals surface area contributed by atoms with Gasteiger partial charge in [0.15, 0.2) is 0 Å². The molecule has 2 aromatic rings. The van der Waals surface area contributed by atoms with Crippen LogP contribution in [-0.2, 0) is 7.05 Å². The normalized spacial score (nSPS) is 9.95. The number of nitrogens with zero attached hydrogens (tertiary/aromatic N) is 4. The number of halogens is 1. The van der Waals surface area contributed by atoms with Crippen LogP contribution in [0.4, 0.5) is 11.5 Å². The van der Waals surface area contributed by atoms with E-state index in [0.29, 0.717) is 0 Å². The summed E-state index contributed by atoms with van der Waals surface area (Å²) >= 11 is 5.68. The first kappa shape index (κ1) is 14.5. The molecule has 0 radical (unpaired) electrons. The van der Waals surface area contributed by atoms with Gasteiger partial charge in [-0.25, -0.2) is 0 Å². The third-order valence-corrected chi connectivity index (χ3v) is 3.02. The predicted octanol–water partition coefficient (Wildman–Crippen LogP) is 2.11. The second kappa shape index (κ2) is 5.60. The number of hydrogen-bond acceptors (Lipinski definition) is 5. The van der Waals surface area contributed by atoms with Gasteiger partial charge in [0, 0.05) is 18.7 Å². The van der Waals surface area contributed by atoms with Crippen molar-refractivity contribution in [3.05, 3.63) is 50.7 Å². The maximum Gasteiger partial charge on any atom is 0.288 e. The molecule has 1 N–H and O–H groups in total. The van der Waals surface area contributed by atoms with Gasteiger partial charge in [0.05, 0.1) is 11.1 Å². The third-order valence-electron chi connectivity index (χ3n) is 2.70. The molecule has 0 aliphatic rings. The maximum absolute atomic E-state index is 12.1. The van der Waals surface area contributed by atoms with Gasteiger partial charge in [-0.05, 0) is 12.1 Å². The zero-order valence-corrected chi connectivity index (χ0v) is 11.5. The summed E-state index contributed by atoms with van der Waals surface area (Å²) in [4.78, 5) is 22.2. The molecule has 2 rings (SSSR count). The smallest absolute Gasteiger partial charge is 0.288 e. The van der Waals surface area contributed by atoms with Crippen LogP contribution in [0.3, 0.4) is 0 Å². The van der Waals surface area contributed by atoms with Gasteiger partial charge >= 0.3 is 0 Å². The van der Waals surface area contributed by atoms with Gasteiger partial charge in [-0.15, -0.1) is 0 Å². The minimum Gasteiger partial charge on any atom is -0.306 e. The number of nitriles is 1. The molecule has 21 heavy (non-hydrogen) atoms. The van der Waals surface area contributed by atoms with Crippen LogP contribution in [0.5, 0.6) is 0 Å². The van der Waals surface area contributed by atoms with E-state index in [4.69, 9.17) is 16.9 Å². The molecule has 1 aromatic carbocycles. The van der Waals surface area contributed by atoms with Crippen molar-refractivity contribution in [3.8, 4) is 6.07 Å². The Balaban J connectivity index is 2.33. The van der Waals surface area contributed by atoms with Crippen molar-refractivity contribution < 1.29 is 9.72 Å². The lowest BCUT2D eigenvalue weighted by Crippen LogP contribution is -2.15. The van der Waals surface area contributed by atoms with E-state index >= 15 is 0 Å². The summed E-state index contributed by atoms with van der Waals surface area (Å²) < 4.78 is 1.32. The summed E-state index contributed by atoms with van der Waals surface area (Å²) in [5.74, 6) is -0.394. The molecule has 1 amide bonds. The average molecular weight is 306 g/mol. The molecule has 0 saturated carbocycles. The fourth-order valence-corrected chi connectivity index (χ4v) is 1.83. The molecule has 0 saturated heterocycles. The van der Waals surface area contributed by atoms with Gasteiger partial charge in [0.1, 0.15) is 22.5 Å². The standard InChI is InChI=1S/C12H8ClN5O3/c1-17-11(8(5-14)6-15-17)16-12(19)7-2-3-9(13)10(4-7)18(20)21/h2-4,6H,1H3,(H,16,19). The summed E-state index contributed by atoms with van der Waals surface area (Å²) in [5, 5.41) is 26.0. The monoisotopic (exact) mass is 305 g/mol. The van der Waals surface area contributed by atoms with Crippen molar-refractivity contribution in [2.45, 2.75) is 0 Å². The molecule has 0 aliphatic heterocycles. The Hall–Kier alpha value is -2.92. The van der Waals surface area contributed by atoms with E-state index in [1.165, 1.54) is 23.0 Å². The first-order valence-corrected chi connectivity index (χ1v) is 5.99. The Morgan fingerprint density at radius 2 is 2.29 bits per heavy atom. The minimum atomic E-state index is -0.677. The second-order valence-electron chi connectivity index (χ2n) is 4.02. The highest BCUT2D eigenvalue weighted by Crippen LogP contribution is 2.25. The summed E-state index contributed by atoms with van der Waals surface area (Å²) in [7, 11) is 1.56. The molecule has 1 heterocycles. The van der Waals surface area contributed by atoms with Crippen LogP contribution in [0.25, 0.3) is 0 Å². The van der Waals surface area contributed by atoms with Crippen molar-refractivity contribution >= 4 is 29.0 Å². The summed E-state index contributed by atoms with van der Waals surface area (Å²) in [5.41, 5.74) is -0.125. The Kier molecular flexibility index (Phi) is 3.86. The molecule has 0 unspecified atom stereocenters. The van der Waals surface area contributed by atoms with Crippen LogP contribution >= 0.6 is 11.6 Å². The first-order valence-electron chi connectivity index (χ1n) is 5.61. The lowest BCUT2D eigenvalue weighted by atomic mass is 10.2. The van der Waals surface area contributed by atoms with Gasteiger partial charge in [0.25, 0.3) is 11.6 Å². The van der Waals surface area contributed by atoms with E-state index in [9.17, 15) is 14.9 Å².